The molecule has 0 radical (unpaired) electrons. The molecule has 2 amide bonds. The lowest BCUT2D eigenvalue weighted by molar-refractivity contribution is -0.126. The zero-order valence-electron chi connectivity index (χ0n) is 14.6. The zero-order chi connectivity index (χ0) is 17.4. The van der Waals surface area contributed by atoms with Crippen LogP contribution in [0.1, 0.15) is 6.42 Å². The summed E-state index contributed by atoms with van der Waals surface area (Å²) in [6, 6.07) is 7.34. The van der Waals surface area contributed by atoms with Crippen LogP contribution in [0.5, 0.6) is 5.75 Å². The summed E-state index contributed by atoms with van der Waals surface area (Å²) in [6.07, 6.45) is 0.223. The van der Waals surface area contributed by atoms with Crippen molar-refractivity contribution < 1.29 is 19.1 Å². The van der Waals surface area contributed by atoms with Gasteiger partial charge in [-0.05, 0) is 12.1 Å². The lowest BCUT2D eigenvalue weighted by Crippen LogP contribution is -2.37. The molecule has 1 aliphatic rings. The Morgan fingerprint density at radius 3 is 2.72 bits per heavy atom. The molecule has 1 saturated heterocycles. The van der Waals surface area contributed by atoms with Gasteiger partial charge in [0.1, 0.15) is 5.75 Å². The molecule has 0 spiro atoms. The van der Waals surface area contributed by atoms with Crippen molar-refractivity contribution in [1.29, 1.82) is 0 Å². The molecule has 1 unspecified atom stereocenters. The van der Waals surface area contributed by atoms with E-state index in [2.05, 4.69) is 10.6 Å². The Morgan fingerprint density at radius 2 is 2.00 bits per heavy atom. The highest BCUT2D eigenvalue weighted by molar-refractivity contribution is 6.01. The maximum Gasteiger partial charge on any atom is 0.227 e. The Kier molecular flexibility index (Phi) is 9.26. The minimum atomic E-state index is -0.332. The smallest absolute Gasteiger partial charge is 0.227 e. The third kappa shape index (κ3) is 5.88. The number of carbonyl (C=O) groups excluding carboxylic acids is 2. The van der Waals surface area contributed by atoms with Crippen LogP contribution >= 0.6 is 12.4 Å². The predicted molar refractivity (Wildman–Crippen MR) is 98.5 cm³/mol. The molecule has 1 aromatic rings. The summed E-state index contributed by atoms with van der Waals surface area (Å²) in [5, 5.41) is 6.03. The van der Waals surface area contributed by atoms with E-state index in [9.17, 15) is 9.59 Å². The molecular formula is C17H26ClN3O4. The second kappa shape index (κ2) is 10.9. The van der Waals surface area contributed by atoms with Crippen LogP contribution in [0.15, 0.2) is 24.3 Å². The van der Waals surface area contributed by atoms with E-state index in [1.165, 1.54) is 0 Å². The van der Waals surface area contributed by atoms with Crippen LogP contribution in [-0.4, -0.2) is 58.8 Å². The molecule has 2 N–H and O–H groups in total. The fourth-order valence-corrected chi connectivity index (χ4v) is 2.69. The summed E-state index contributed by atoms with van der Waals surface area (Å²) in [7, 11) is 3.22. The number of halogens is 1. The summed E-state index contributed by atoms with van der Waals surface area (Å²) in [5.74, 6) is 0.155. The summed E-state index contributed by atoms with van der Waals surface area (Å²) in [4.78, 5) is 26.1. The molecule has 2 rings (SSSR count). The van der Waals surface area contributed by atoms with E-state index in [0.29, 0.717) is 37.7 Å². The van der Waals surface area contributed by atoms with E-state index in [1.807, 2.05) is 24.3 Å². The number of hydrogen-bond donors (Lipinski definition) is 2. The second-order valence-corrected chi connectivity index (χ2v) is 5.61. The number of hydrogen-bond acceptors (Lipinski definition) is 5. The molecule has 25 heavy (non-hydrogen) atoms. The van der Waals surface area contributed by atoms with Gasteiger partial charge >= 0.3 is 0 Å². The van der Waals surface area contributed by atoms with Gasteiger partial charge in [-0.1, -0.05) is 12.1 Å². The van der Waals surface area contributed by atoms with Crippen LogP contribution in [0.2, 0.25) is 0 Å². The number of para-hydroxylation sites is 2. The number of rotatable bonds is 9. The largest absolute Gasteiger partial charge is 0.495 e. The third-order valence-corrected chi connectivity index (χ3v) is 3.96. The quantitative estimate of drug-likeness (QED) is 0.628. The maximum absolute atomic E-state index is 12.3. The van der Waals surface area contributed by atoms with Crippen LogP contribution in [0.25, 0.3) is 0 Å². The summed E-state index contributed by atoms with van der Waals surface area (Å²) in [5.41, 5.74) is 0.710. The third-order valence-electron chi connectivity index (χ3n) is 3.96. The van der Waals surface area contributed by atoms with E-state index in [1.54, 1.807) is 19.1 Å². The maximum atomic E-state index is 12.3. The zero-order valence-corrected chi connectivity index (χ0v) is 15.4. The van der Waals surface area contributed by atoms with Crippen molar-refractivity contribution in [1.82, 2.24) is 10.6 Å². The molecule has 8 heteroatoms. The van der Waals surface area contributed by atoms with Gasteiger partial charge in [-0.15, -0.1) is 12.4 Å². The predicted octanol–water partition coefficient (Wildman–Crippen LogP) is 0.822. The lowest BCUT2D eigenvalue weighted by atomic mass is 10.1. The van der Waals surface area contributed by atoms with E-state index in [-0.39, 0.29) is 36.6 Å². The molecule has 0 aromatic heterocycles. The van der Waals surface area contributed by atoms with Crippen LogP contribution in [0.3, 0.4) is 0 Å². The molecule has 0 saturated carbocycles. The first-order valence-electron chi connectivity index (χ1n) is 8.08. The monoisotopic (exact) mass is 371 g/mol. The van der Waals surface area contributed by atoms with Crippen LogP contribution in [0, 0.1) is 5.92 Å². The molecule has 1 aromatic carbocycles. The molecule has 1 heterocycles. The molecule has 0 aliphatic carbocycles. The Morgan fingerprint density at radius 1 is 1.24 bits per heavy atom. The number of ether oxygens (including phenoxy) is 2. The van der Waals surface area contributed by atoms with Crippen molar-refractivity contribution in [3.63, 3.8) is 0 Å². The molecule has 1 aliphatic heterocycles. The lowest BCUT2D eigenvalue weighted by Gasteiger charge is -2.19. The molecule has 1 fully saturated rings. The number of methoxy groups -OCH3 is 2. The first kappa shape index (κ1) is 21.2. The Balaban J connectivity index is 0.00000312. The minimum Gasteiger partial charge on any atom is -0.495 e. The molecule has 140 valence electrons. The van der Waals surface area contributed by atoms with Crippen molar-refractivity contribution >= 4 is 29.9 Å². The first-order chi connectivity index (χ1) is 11.7. The number of amides is 2. The standard InChI is InChI=1S/C17H25N3O4.ClH/c1-23-10-9-18-7-8-19-17(22)13-11-16(21)20(12-13)14-5-3-4-6-15(14)24-2;/h3-6,13,18H,7-12H2,1-2H3,(H,19,22);1H. The number of anilines is 1. The van der Waals surface area contributed by atoms with Gasteiger partial charge in [0.05, 0.1) is 25.3 Å². The van der Waals surface area contributed by atoms with Crippen LogP contribution in [0.4, 0.5) is 5.69 Å². The van der Waals surface area contributed by atoms with Crippen molar-refractivity contribution in [2.24, 2.45) is 5.92 Å². The summed E-state index contributed by atoms with van der Waals surface area (Å²) >= 11 is 0. The fraction of sp³-hybridized carbons (Fsp3) is 0.529. The number of nitrogens with zero attached hydrogens (tertiary/aromatic N) is 1. The van der Waals surface area contributed by atoms with E-state index >= 15 is 0 Å². The highest BCUT2D eigenvalue weighted by Crippen LogP contribution is 2.32. The van der Waals surface area contributed by atoms with E-state index in [0.717, 1.165) is 6.54 Å². The number of benzene rings is 1. The van der Waals surface area contributed by atoms with Crippen LogP contribution < -0.4 is 20.3 Å². The van der Waals surface area contributed by atoms with Gasteiger partial charge < -0.3 is 25.0 Å². The van der Waals surface area contributed by atoms with Crippen LogP contribution in [-0.2, 0) is 14.3 Å². The Hall–Kier alpha value is -1.83. The highest BCUT2D eigenvalue weighted by atomic mass is 35.5. The number of nitrogens with one attached hydrogen (secondary N) is 2. The molecular weight excluding hydrogens is 346 g/mol. The van der Waals surface area contributed by atoms with Gasteiger partial charge in [0.15, 0.2) is 0 Å². The van der Waals surface area contributed by atoms with Gasteiger partial charge in [0, 0.05) is 39.7 Å². The SMILES string of the molecule is COCCNCCNC(=O)C1CC(=O)N(c2ccccc2OC)C1.Cl. The van der Waals surface area contributed by atoms with Gasteiger partial charge in [0.2, 0.25) is 11.8 Å². The summed E-state index contributed by atoms with van der Waals surface area (Å²) < 4.78 is 10.2. The van der Waals surface area contributed by atoms with Crippen molar-refractivity contribution in [2.45, 2.75) is 6.42 Å². The van der Waals surface area contributed by atoms with E-state index < -0.39 is 0 Å². The van der Waals surface area contributed by atoms with Gasteiger partial charge in [-0.25, -0.2) is 0 Å². The topological polar surface area (TPSA) is 79.9 Å². The van der Waals surface area contributed by atoms with Gasteiger partial charge in [-0.2, -0.15) is 0 Å². The minimum absolute atomic E-state index is 0. The van der Waals surface area contributed by atoms with Crippen molar-refractivity contribution in [3.8, 4) is 5.75 Å². The fourth-order valence-electron chi connectivity index (χ4n) is 2.69. The van der Waals surface area contributed by atoms with Crippen molar-refractivity contribution in [3.05, 3.63) is 24.3 Å². The average Bonchev–Trinajstić information content (AvgIpc) is 2.99. The molecule has 0 bridgehead atoms. The average molecular weight is 372 g/mol. The van der Waals surface area contributed by atoms with Gasteiger partial charge in [0.25, 0.3) is 0 Å². The number of carbonyl (C=O) groups is 2. The van der Waals surface area contributed by atoms with E-state index in [4.69, 9.17) is 9.47 Å². The normalized spacial score (nSPS) is 16.5. The Labute approximate surface area is 154 Å². The highest BCUT2D eigenvalue weighted by Gasteiger charge is 2.35. The molecule has 7 nitrogen and oxygen atoms in total. The van der Waals surface area contributed by atoms with Crippen molar-refractivity contribution in [2.75, 3.05) is 51.9 Å². The second-order valence-electron chi connectivity index (χ2n) is 5.61. The summed E-state index contributed by atoms with van der Waals surface area (Å²) in [6.45, 7) is 2.96. The Bertz CT molecular complexity index is 571. The molecule has 1 atom stereocenters. The van der Waals surface area contributed by atoms with Gasteiger partial charge in [-0.3, -0.25) is 9.59 Å². The first-order valence-corrected chi connectivity index (χ1v) is 8.08.